The van der Waals surface area contributed by atoms with E-state index < -0.39 is 6.23 Å². The van der Waals surface area contributed by atoms with E-state index in [1.54, 1.807) is 16.7 Å². The van der Waals surface area contributed by atoms with Gasteiger partial charge in [0.25, 0.3) is 0 Å². The largest absolute Gasteiger partial charge is 0.447 e. The Hall–Kier alpha value is -2.93. The fraction of sp³-hybridized carbons (Fsp3) is 0.360. The lowest BCUT2D eigenvalue weighted by Gasteiger charge is -2.31. The van der Waals surface area contributed by atoms with Crippen molar-refractivity contribution in [1.82, 2.24) is 15.2 Å². The maximum Gasteiger partial charge on any atom is 0.247 e. The lowest BCUT2D eigenvalue weighted by molar-refractivity contribution is -0.120. The number of hydrogen-bond acceptors (Lipinski definition) is 6. The van der Waals surface area contributed by atoms with Crippen LogP contribution >= 0.6 is 11.8 Å². The molecule has 0 bridgehead atoms. The smallest absolute Gasteiger partial charge is 0.247 e. The molecule has 4 rings (SSSR count). The minimum Gasteiger partial charge on any atom is -0.447 e. The summed E-state index contributed by atoms with van der Waals surface area (Å²) in [4.78, 5) is 19.6. The summed E-state index contributed by atoms with van der Waals surface area (Å²) in [5, 5.41) is 9.41. The van der Waals surface area contributed by atoms with Crippen LogP contribution in [0.5, 0.6) is 5.88 Å². The average Bonchev–Trinajstić information content (AvgIpc) is 2.95. The zero-order valence-electron chi connectivity index (χ0n) is 19.0. The molecule has 166 valence electrons. The maximum absolute atomic E-state index is 13.2. The van der Waals surface area contributed by atoms with Crippen LogP contribution in [-0.2, 0) is 4.79 Å². The van der Waals surface area contributed by atoms with Gasteiger partial charge in [-0.1, -0.05) is 68.4 Å². The summed E-state index contributed by atoms with van der Waals surface area (Å²) in [7, 11) is 0. The Morgan fingerprint density at radius 1 is 1.09 bits per heavy atom. The number of amides is 1. The molecular weight excluding hydrogens is 420 g/mol. The normalized spacial score (nSPS) is 14.9. The summed E-state index contributed by atoms with van der Waals surface area (Å²) in [5.74, 6) is 1.30. The van der Waals surface area contributed by atoms with Crippen LogP contribution in [0.25, 0.3) is 11.3 Å². The molecule has 0 saturated carbocycles. The number of carbonyl (C=O) groups is 1. The molecule has 1 unspecified atom stereocenters. The predicted octanol–water partition coefficient (Wildman–Crippen LogP) is 5.88. The summed E-state index contributed by atoms with van der Waals surface area (Å²) in [5.41, 5.74) is 5.33. The van der Waals surface area contributed by atoms with Crippen LogP contribution in [0.3, 0.4) is 0 Å². The third kappa shape index (κ3) is 4.35. The van der Waals surface area contributed by atoms with Gasteiger partial charge in [-0.05, 0) is 37.5 Å². The van der Waals surface area contributed by atoms with E-state index in [0.29, 0.717) is 23.2 Å². The number of ether oxygens (including phenoxy) is 1. The quantitative estimate of drug-likeness (QED) is 0.346. The van der Waals surface area contributed by atoms with Gasteiger partial charge >= 0.3 is 0 Å². The van der Waals surface area contributed by atoms with Gasteiger partial charge < -0.3 is 4.74 Å². The number of nitrogens with zero attached hydrogens (tertiary/aromatic N) is 4. The number of anilines is 1. The Balaban J connectivity index is 1.87. The average molecular weight is 449 g/mol. The number of benzene rings is 2. The van der Waals surface area contributed by atoms with Gasteiger partial charge in [-0.15, -0.1) is 10.2 Å². The maximum atomic E-state index is 13.2. The monoisotopic (exact) mass is 448 g/mol. The summed E-state index contributed by atoms with van der Waals surface area (Å²) >= 11 is 1.57. The molecule has 0 saturated heterocycles. The fourth-order valence-corrected chi connectivity index (χ4v) is 4.52. The number of hydrogen-bond donors (Lipinski definition) is 0. The van der Waals surface area contributed by atoms with E-state index in [2.05, 4.69) is 43.1 Å². The second-order valence-electron chi connectivity index (χ2n) is 7.90. The summed E-state index contributed by atoms with van der Waals surface area (Å²) in [6.45, 7) is 8.16. The molecule has 2 heterocycles. The number of aromatic nitrogens is 3. The van der Waals surface area contributed by atoms with Gasteiger partial charge in [-0.2, -0.15) is 4.98 Å². The van der Waals surface area contributed by atoms with E-state index in [1.165, 1.54) is 5.56 Å². The van der Waals surface area contributed by atoms with Crippen LogP contribution in [0.4, 0.5) is 5.69 Å². The topological polar surface area (TPSA) is 68.2 Å². The highest BCUT2D eigenvalue weighted by molar-refractivity contribution is 7.99. The van der Waals surface area contributed by atoms with Crippen molar-refractivity contribution < 1.29 is 9.53 Å². The van der Waals surface area contributed by atoms with Gasteiger partial charge in [0.2, 0.25) is 23.2 Å². The first kappa shape index (κ1) is 22.3. The number of rotatable bonds is 6. The van der Waals surface area contributed by atoms with Gasteiger partial charge in [0.05, 0.1) is 5.69 Å². The molecule has 0 aliphatic carbocycles. The minimum absolute atomic E-state index is 0.0287. The molecule has 1 aromatic heterocycles. The van der Waals surface area contributed by atoms with Gasteiger partial charge in [0.1, 0.15) is 0 Å². The lowest BCUT2D eigenvalue weighted by Crippen LogP contribution is -2.37. The van der Waals surface area contributed by atoms with Gasteiger partial charge in [0.15, 0.2) is 5.69 Å². The highest BCUT2D eigenvalue weighted by Gasteiger charge is 2.35. The van der Waals surface area contributed by atoms with Crippen LogP contribution in [0.15, 0.2) is 47.6 Å². The van der Waals surface area contributed by atoms with Crippen molar-refractivity contribution in [3.63, 3.8) is 0 Å². The molecule has 3 aromatic rings. The van der Waals surface area contributed by atoms with E-state index in [-0.39, 0.29) is 5.91 Å². The lowest BCUT2D eigenvalue weighted by atomic mass is 10.0. The minimum atomic E-state index is -0.644. The van der Waals surface area contributed by atoms with Gasteiger partial charge in [-0.3, -0.25) is 9.69 Å². The molecule has 7 heteroatoms. The molecule has 0 spiro atoms. The molecule has 0 fully saturated rings. The van der Waals surface area contributed by atoms with Crippen molar-refractivity contribution in [2.24, 2.45) is 0 Å². The second kappa shape index (κ2) is 9.69. The molecule has 1 aliphatic heterocycles. The van der Waals surface area contributed by atoms with E-state index in [0.717, 1.165) is 41.0 Å². The van der Waals surface area contributed by atoms with E-state index in [1.807, 2.05) is 37.3 Å². The summed E-state index contributed by atoms with van der Waals surface area (Å²) in [6, 6.07) is 13.9. The van der Waals surface area contributed by atoms with E-state index in [9.17, 15) is 4.79 Å². The van der Waals surface area contributed by atoms with Crippen molar-refractivity contribution in [1.29, 1.82) is 0 Å². The number of carbonyl (C=O) groups excluding carboxylic acids is 1. The summed E-state index contributed by atoms with van der Waals surface area (Å²) < 4.78 is 6.48. The number of aryl methyl sites for hydroxylation is 2. The van der Waals surface area contributed by atoms with Crippen LogP contribution in [0.2, 0.25) is 0 Å². The first-order valence-corrected chi connectivity index (χ1v) is 12.0. The molecule has 1 amide bonds. The third-order valence-corrected chi connectivity index (χ3v) is 6.55. The zero-order valence-corrected chi connectivity index (χ0v) is 19.8. The van der Waals surface area contributed by atoms with Crippen LogP contribution < -0.4 is 9.64 Å². The number of para-hydroxylation sites is 1. The van der Waals surface area contributed by atoms with Crippen LogP contribution in [-0.4, -0.2) is 26.8 Å². The molecule has 1 atom stereocenters. The van der Waals surface area contributed by atoms with Crippen molar-refractivity contribution in [2.45, 2.75) is 58.3 Å². The predicted molar refractivity (Wildman–Crippen MR) is 128 cm³/mol. The van der Waals surface area contributed by atoms with Crippen molar-refractivity contribution in [3.05, 3.63) is 59.2 Å². The number of unbranched alkanes of at least 4 members (excludes halogenated alkanes) is 1. The highest BCUT2D eigenvalue weighted by atomic mass is 32.2. The molecular formula is C25H28N4O2S. The Bertz CT molecular complexity index is 1130. The molecule has 32 heavy (non-hydrogen) atoms. The Morgan fingerprint density at radius 2 is 1.91 bits per heavy atom. The molecule has 1 aliphatic rings. The SMILES string of the molecule is CCCCSc1nnc2c(n1)OC(c1ccc(C)c(C)c1)N(C(=O)CC)c1ccccc1-2. The van der Waals surface area contributed by atoms with Crippen LogP contribution in [0, 0.1) is 13.8 Å². The van der Waals surface area contributed by atoms with Gasteiger partial charge in [0, 0.05) is 23.3 Å². The fourth-order valence-electron chi connectivity index (χ4n) is 3.66. The molecule has 2 aromatic carbocycles. The standard InChI is InChI=1S/C25H28N4O2S/c1-5-7-14-32-25-26-23-22(27-28-25)19-10-8-9-11-20(19)29(21(30)6-2)24(31-23)18-13-12-16(3)17(4)15-18/h8-13,15,24H,5-7,14H2,1-4H3. The zero-order chi connectivity index (χ0) is 22.7. The Kier molecular flexibility index (Phi) is 6.74. The van der Waals surface area contributed by atoms with E-state index in [4.69, 9.17) is 9.72 Å². The third-order valence-electron chi connectivity index (χ3n) is 5.63. The van der Waals surface area contributed by atoms with Gasteiger partial charge in [-0.25, -0.2) is 0 Å². The molecule has 0 N–H and O–H groups in total. The Labute approximate surface area is 193 Å². The number of fused-ring (bicyclic) bond motifs is 3. The molecule has 0 radical (unpaired) electrons. The first-order valence-electron chi connectivity index (χ1n) is 11.1. The second-order valence-corrected chi connectivity index (χ2v) is 8.96. The number of thioether (sulfide) groups is 1. The van der Waals surface area contributed by atoms with Crippen LogP contribution in [0.1, 0.15) is 56.0 Å². The Morgan fingerprint density at radius 3 is 2.66 bits per heavy atom. The van der Waals surface area contributed by atoms with Crippen molar-refractivity contribution in [2.75, 3.05) is 10.7 Å². The summed E-state index contributed by atoms with van der Waals surface area (Å²) in [6.07, 6.45) is 1.90. The van der Waals surface area contributed by atoms with Crippen molar-refractivity contribution in [3.8, 4) is 17.1 Å². The van der Waals surface area contributed by atoms with E-state index >= 15 is 0 Å². The van der Waals surface area contributed by atoms with Crippen molar-refractivity contribution >= 4 is 23.4 Å². The molecule has 6 nitrogen and oxygen atoms in total. The first-order chi connectivity index (χ1) is 15.5. The highest BCUT2D eigenvalue weighted by Crippen LogP contribution is 2.43.